The number of fused-ring (bicyclic) bond motifs is 1. The molecule has 2 heterocycles. The Balaban J connectivity index is 3.06. The average Bonchev–Trinajstić information content (AvgIpc) is 2.27. The molecule has 0 N–H and O–H groups in total. The molecule has 3 nitrogen and oxygen atoms in total. The molecule has 2 aromatic heterocycles. The maximum atomic E-state index is 11.5. The van der Waals surface area contributed by atoms with Gasteiger partial charge in [0.2, 0.25) is 0 Å². The third-order valence-electron chi connectivity index (χ3n) is 2.22. The molecule has 0 atom stereocenters. The third kappa shape index (κ3) is 1.08. The van der Waals surface area contributed by atoms with E-state index in [4.69, 9.17) is 4.42 Å². The van der Waals surface area contributed by atoms with Crippen molar-refractivity contribution in [1.82, 2.24) is 4.57 Å². The quantitative estimate of drug-likeness (QED) is 0.614. The first kappa shape index (κ1) is 8.10. The van der Waals surface area contributed by atoms with E-state index in [2.05, 4.69) is 0 Å². The van der Waals surface area contributed by atoms with Crippen LogP contribution in [0.25, 0.3) is 10.9 Å². The predicted molar refractivity (Wildman–Crippen MR) is 50.9 cm³/mol. The van der Waals surface area contributed by atoms with Gasteiger partial charge in [-0.25, -0.2) is 4.79 Å². The number of rotatable bonds is 0. The molecule has 0 radical (unpaired) electrons. The van der Waals surface area contributed by atoms with Crippen LogP contribution in [0.2, 0.25) is 0 Å². The lowest BCUT2D eigenvalue weighted by Gasteiger charge is -1.95. The number of aryl methyl sites for hydroxylation is 3. The lowest BCUT2D eigenvalue weighted by atomic mass is 10.2. The van der Waals surface area contributed by atoms with Gasteiger partial charge in [0, 0.05) is 19.3 Å². The molecule has 68 valence electrons. The van der Waals surface area contributed by atoms with E-state index in [1.165, 1.54) is 0 Å². The number of hydrogen-bond acceptors (Lipinski definition) is 2. The molecule has 0 aliphatic heterocycles. The molecule has 2 aromatic rings. The summed E-state index contributed by atoms with van der Waals surface area (Å²) in [6.45, 7) is 3.69. The maximum absolute atomic E-state index is 11.5. The molecule has 0 fully saturated rings. The van der Waals surface area contributed by atoms with Crippen molar-refractivity contribution in [3.63, 3.8) is 0 Å². The minimum absolute atomic E-state index is 0.242. The summed E-state index contributed by atoms with van der Waals surface area (Å²) < 4.78 is 6.95. The Morgan fingerprint density at radius 3 is 2.77 bits per heavy atom. The molecular weight excluding hydrogens is 166 g/mol. The summed E-state index contributed by atoms with van der Waals surface area (Å²) in [6, 6.07) is 1.88. The molecule has 0 amide bonds. The standard InChI is InChI=1S/C10H11NO2/c1-6-5-11(3)8-4-7(2)13-10(12)9(6)8/h4-5H,1-3H3. The smallest absolute Gasteiger partial charge is 0.345 e. The van der Waals surface area contributed by atoms with Gasteiger partial charge in [-0.2, -0.15) is 0 Å². The van der Waals surface area contributed by atoms with Crippen molar-refractivity contribution >= 4 is 10.9 Å². The van der Waals surface area contributed by atoms with Crippen LogP contribution in [0.3, 0.4) is 0 Å². The number of nitrogens with zero attached hydrogens (tertiary/aromatic N) is 1. The van der Waals surface area contributed by atoms with Crippen LogP contribution in [0.15, 0.2) is 21.5 Å². The first-order chi connectivity index (χ1) is 6.09. The predicted octanol–water partition coefficient (Wildman–Crippen LogP) is 1.75. The highest BCUT2D eigenvalue weighted by Gasteiger charge is 2.08. The van der Waals surface area contributed by atoms with Gasteiger partial charge in [0.25, 0.3) is 0 Å². The average molecular weight is 177 g/mol. The van der Waals surface area contributed by atoms with Crippen molar-refractivity contribution in [1.29, 1.82) is 0 Å². The lowest BCUT2D eigenvalue weighted by Crippen LogP contribution is -2.00. The van der Waals surface area contributed by atoms with Crippen molar-refractivity contribution < 1.29 is 4.42 Å². The molecule has 0 unspecified atom stereocenters. The first-order valence-corrected chi connectivity index (χ1v) is 4.16. The van der Waals surface area contributed by atoms with E-state index < -0.39 is 0 Å². The zero-order valence-corrected chi connectivity index (χ0v) is 7.92. The fraction of sp³-hybridized carbons (Fsp3) is 0.300. The van der Waals surface area contributed by atoms with Crippen molar-refractivity contribution in [2.75, 3.05) is 0 Å². The van der Waals surface area contributed by atoms with Crippen molar-refractivity contribution in [2.45, 2.75) is 13.8 Å². The van der Waals surface area contributed by atoms with Gasteiger partial charge in [0.1, 0.15) is 5.76 Å². The highest BCUT2D eigenvalue weighted by Crippen LogP contribution is 2.16. The Bertz CT molecular complexity index is 519. The Kier molecular flexibility index (Phi) is 1.55. The monoisotopic (exact) mass is 177 g/mol. The molecule has 0 aliphatic rings. The summed E-state index contributed by atoms with van der Waals surface area (Å²) in [6.07, 6.45) is 1.93. The van der Waals surface area contributed by atoms with Crippen LogP contribution in [0, 0.1) is 13.8 Å². The van der Waals surface area contributed by atoms with Gasteiger partial charge in [0.05, 0.1) is 10.9 Å². The number of hydrogen-bond donors (Lipinski definition) is 0. The molecule has 0 spiro atoms. The highest BCUT2D eigenvalue weighted by molar-refractivity contribution is 5.82. The zero-order valence-electron chi connectivity index (χ0n) is 7.92. The van der Waals surface area contributed by atoms with Gasteiger partial charge < -0.3 is 8.98 Å². The first-order valence-electron chi connectivity index (χ1n) is 4.16. The fourth-order valence-corrected chi connectivity index (χ4v) is 1.66. The van der Waals surface area contributed by atoms with Crippen molar-refractivity contribution in [3.8, 4) is 0 Å². The summed E-state index contributed by atoms with van der Waals surface area (Å²) >= 11 is 0. The third-order valence-corrected chi connectivity index (χ3v) is 2.22. The summed E-state index contributed by atoms with van der Waals surface area (Å²) in [5, 5.41) is 0.688. The van der Waals surface area contributed by atoms with E-state index in [1.54, 1.807) is 6.92 Å². The highest BCUT2D eigenvalue weighted by atomic mass is 16.4. The molecule has 3 heteroatoms. The normalized spacial score (nSPS) is 11.0. The molecule has 2 rings (SSSR count). The zero-order chi connectivity index (χ0) is 9.59. The summed E-state index contributed by atoms with van der Waals surface area (Å²) in [4.78, 5) is 11.5. The van der Waals surface area contributed by atoms with Gasteiger partial charge >= 0.3 is 5.63 Å². The molecule has 0 saturated heterocycles. The largest absolute Gasteiger partial charge is 0.428 e. The van der Waals surface area contributed by atoms with E-state index in [0.717, 1.165) is 11.1 Å². The van der Waals surface area contributed by atoms with E-state index in [9.17, 15) is 4.79 Å². The Hall–Kier alpha value is -1.51. The molecule has 13 heavy (non-hydrogen) atoms. The van der Waals surface area contributed by atoms with Crippen LogP contribution in [0.5, 0.6) is 0 Å². The SMILES string of the molecule is Cc1cc2c(c(C)cn2C)c(=O)o1. The van der Waals surface area contributed by atoms with Gasteiger partial charge in [-0.15, -0.1) is 0 Å². The molecular formula is C10H11NO2. The second-order valence-electron chi connectivity index (χ2n) is 3.33. The van der Waals surface area contributed by atoms with Crippen molar-refractivity contribution in [2.24, 2.45) is 7.05 Å². The Morgan fingerprint density at radius 2 is 2.08 bits per heavy atom. The van der Waals surface area contributed by atoms with Crippen LogP contribution in [-0.4, -0.2) is 4.57 Å². The summed E-state index contributed by atoms with van der Waals surface area (Å²) in [7, 11) is 1.92. The van der Waals surface area contributed by atoms with Gasteiger partial charge in [-0.3, -0.25) is 0 Å². The maximum Gasteiger partial charge on any atom is 0.345 e. The second kappa shape index (κ2) is 2.49. The minimum atomic E-state index is -0.242. The van der Waals surface area contributed by atoms with Crippen LogP contribution in [-0.2, 0) is 7.05 Å². The van der Waals surface area contributed by atoms with Crippen LogP contribution in [0.1, 0.15) is 11.3 Å². The van der Waals surface area contributed by atoms with E-state index in [-0.39, 0.29) is 5.63 Å². The lowest BCUT2D eigenvalue weighted by molar-refractivity contribution is 0.488. The molecule has 0 saturated carbocycles. The summed E-state index contributed by atoms with van der Waals surface area (Å²) in [5.74, 6) is 0.652. The Labute approximate surface area is 75.6 Å². The minimum Gasteiger partial charge on any atom is -0.428 e. The van der Waals surface area contributed by atoms with Crippen LogP contribution in [0.4, 0.5) is 0 Å². The van der Waals surface area contributed by atoms with E-state index >= 15 is 0 Å². The van der Waals surface area contributed by atoms with Crippen LogP contribution >= 0.6 is 0 Å². The van der Waals surface area contributed by atoms with Crippen molar-refractivity contribution in [3.05, 3.63) is 34.0 Å². The fourth-order valence-electron chi connectivity index (χ4n) is 1.66. The summed E-state index contributed by atoms with van der Waals surface area (Å²) in [5.41, 5.74) is 1.66. The van der Waals surface area contributed by atoms with Gasteiger partial charge in [-0.1, -0.05) is 0 Å². The number of aromatic nitrogens is 1. The van der Waals surface area contributed by atoms with Crippen LogP contribution < -0.4 is 5.63 Å². The molecule has 0 aliphatic carbocycles. The van der Waals surface area contributed by atoms with Gasteiger partial charge in [0.15, 0.2) is 0 Å². The second-order valence-corrected chi connectivity index (χ2v) is 3.33. The van der Waals surface area contributed by atoms with Gasteiger partial charge in [-0.05, 0) is 19.4 Å². The molecule has 0 aromatic carbocycles. The van der Waals surface area contributed by atoms with E-state index in [0.29, 0.717) is 11.1 Å². The van der Waals surface area contributed by atoms with E-state index in [1.807, 2.05) is 30.8 Å². The Morgan fingerprint density at radius 1 is 1.38 bits per heavy atom. The topological polar surface area (TPSA) is 35.1 Å². The molecule has 0 bridgehead atoms.